The minimum absolute atomic E-state index is 0.175. The Bertz CT molecular complexity index is 1230. The summed E-state index contributed by atoms with van der Waals surface area (Å²) in [6, 6.07) is 22.6. The van der Waals surface area contributed by atoms with Crippen molar-refractivity contribution in [1.29, 1.82) is 0 Å². The van der Waals surface area contributed by atoms with Crippen LogP contribution in [0, 0.1) is 5.82 Å². The van der Waals surface area contributed by atoms with Gasteiger partial charge in [-0.15, -0.1) is 0 Å². The van der Waals surface area contributed by atoms with E-state index in [0.29, 0.717) is 10.8 Å². The van der Waals surface area contributed by atoms with E-state index in [1.807, 2.05) is 64.2 Å². The molecule has 0 bridgehead atoms. The zero-order chi connectivity index (χ0) is 21.4. The molecule has 0 radical (unpaired) electrons. The van der Waals surface area contributed by atoms with Crippen molar-refractivity contribution in [2.45, 2.75) is 12.1 Å². The fraction of sp³-hybridized carbons (Fsp3) is 0.0833. The number of thiocarbonyl (C=S) groups is 1. The maximum atomic E-state index is 14.7. The minimum Gasteiger partial charge on any atom is -0.508 e. The third kappa shape index (κ3) is 3.43. The van der Waals surface area contributed by atoms with E-state index in [2.05, 4.69) is 10.3 Å². The SMILES string of the molecule is Oc1ccc(N2C(=S)NC(c3ccccn3)C2c2cccn2-c2ccccc2F)cc1. The molecule has 2 aromatic heterocycles. The average Bonchev–Trinajstić information content (AvgIpc) is 3.39. The van der Waals surface area contributed by atoms with Crippen molar-refractivity contribution in [3.63, 3.8) is 0 Å². The Morgan fingerprint density at radius 3 is 2.45 bits per heavy atom. The lowest BCUT2D eigenvalue weighted by Crippen LogP contribution is -2.30. The first-order chi connectivity index (χ1) is 15.1. The maximum Gasteiger partial charge on any atom is 0.174 e. The Labute approximate surface area is 184 Å². The Kier molecular flexibility index (Phi) is 4.88. The van der Waals surface area contributed by atoms with Crippen LogP contribution in [0.2, 0.25) is 0 Å². The molecule has 0 amide bonds. The summed E-state index contributed by atoms with van der Waals surface area (Å²) in [5.74, 6) is -0.131. The van der Waals surface area contributed by atoms with Crippen molar-refractivity contribution in [2.24, 2.45) is 0 Å². The number of phenolic OH excluding ortho intramolecular Hbond substituents is 1. The standard InChI is InChI=1S/C24H19FN4OS/c25-18-6-1-2-8-20(18)28-15-5-9-21(28)23-22(19-7-3-4-14-26-19)27-24(31)29(23)16-10-12-17(30)13-11-16/h1-15,22-23,30H,(H,27,31). The Morgan fingerprint density at radius 2 is 1.71 bits per heavy atom. The van der Waals surface area contributed by atoms with Gasteiger partial charge >= 0.3 is 0 Å². The molecule has 1 fully saturated rings. The average molecular weight is 431 g/mol. The van der Waals surface area contributed by atoms with Crippen molar-refractivity contribution in [2.75, 3.05) is 4.90 Å². The molecule has 31 heavy (non-hydrogen) atoms. The largest absolute Gasteiger partial charge is 0.508 e. The smallest absolute Gasteiger partial charge is 0.174 e. The topological polar surface area (TPSA) is 53.3 Å². The van der Waals surface area contributed by atoms with E-state index in [9.17, 15) is 9.50 Å². The molecular formula is C24H19FN4OS. The molecule has 1 saturated heterocycles. The van der Waals surface area contributed by atoms with E-state index >= 15 is 0 Å². The van der Waals surface area contributed by atoms with Crippen molar-refractivity contribution in [1.82, 2.24) is 14.9 Å². The maximum absolute atomic E-state index is 14.7. The van der Waals surface area contributed by atoms with E-state index in [-0.39, 0.29) is 23.7 Å². The van der Waals surface area contributed by atoms with Crippen molar-refractivity contribution < 1.29 is 9.50 Å². The number of phenols is 1. The summed E-state index contributed by atoms with van der Waals surface area (Å²) < 4.78 is 16.5. The predicted molar refractivity (Wildman–Crippen MR) is 122 cm³/mol. The number of hydrogen-bond acceptors (Lipinski definition) is 3. The number of rotatable bonds is 4. The zero-order valence-corrected chi connectivity index (χ0v) is 17.2. The van der Waals surface area contributed by atoms with E-state index in [4.69, 9.17) is 12.2 Å². The monoisotopic (exact) mass is 430 g/mol. The molecule has 2 atom stereocenters. The van der Waals surface area contributed by atoms with Crippen LogP contribution < -0.4 is 10.2 Å². The lowest BCUT2D eigenvalue weighted by molar-refractivity contribution is 0.475. The Hall–Kier alpha value is -3.71. The molecule has 2 aromatic carbocycles. The molecule has 7 heteroatoms. The summed E-state index contributed by atoms with van der Waals surface area (Å²) in [6.07, 6.45) is 3.59. The van der Waals surface area contributed by atoms with Gasteiger partial charge in [0.2, 0.25) is 0 Å². The van der Waals surface area contributed by atoms with E-state index in [1.54, 1.807) is 30.5 Å². The first kappa shape index (κ1) is 19.3. The molecule has 154 valence electrons. The molecular weight excluding hydrogens is 411 g/mol. The van der Waals surface area contributed by atoms with Crippen molar-refractivity contribution in [3.8, 4) is 11.4 Å². The van der Waals surface area contributed by atoms with Gasteiger partial charge in [-0.25, -0.2) is 4.39 Å². The van der Waals surface area contributed by atoms with E-state index in [0.717, 1.165) is 17.1 Å². The predicted octanol–water partition coefficient (Wildman–Crippen LogP) is 4.89. The second-order valence-corrected chi connectivity index (χ2v) is 7.65. The van der Waals surface area contributed by atoms with Gasteiger partial charge < -0.3 is 19.9 Å². The van der Waals surface area contributed by atoms with Gasteiger partial charge in [0.1, 0.15) is 17.6 Å². The molecule has 1 aliphatic heterocycles. The fourth-order valence-corrected chi connectivity index (χ4v) is 4.39. The van der Waals surface area contributed by atoms with Crippen molar-refractivity contribution in [3.05, 3.63) is 108 Å². The van der Waals surface area contributed by atoms with Gasteiger partial charge in [-0.3, -0.25) is 4.98 Å². The fourth-order valence-electron chi connectivity index (χ4n) is 4.05. The van der Waals surface area contributed by atoms with Gasteiger partial charge in [0.05, 0.1) is 17.4 Å². The molecule has 0 spiro atoms. The normalized spacial score (nSPS) is 18.2. The molecule has 3 heterocycles. The van der Waals surface area contributed by atoms with Gasteiger partial charge in [0, 0.05) is 23.8 Å². The molecule has 2 unspecified atom stereocenters. The van der Waals surface area contributed by atoms with Gasteiger partial charge in [0.25, 0.3) is 0 Å². The quantitative estimate of drug-likeness (QED) is 0.452. The number of halogens is 1. The van der Waals surface area contributed by atoms with Crippen LogP contribution in [-0.2, 0) is 0 Å². The summed E-state index contributed by atoms with van der Waals surface area (Å²) in [7, 11) is 0. The number of benzene rings is 2. The molecule has 0 aliphatic carbocycles. The summed E-state index contributed by atoms with van der Waals surface area (Å²) >= 11 is 5.71. The molecule has 4 aromatic rings. The summed E-state index contributed by atoms with van der Waals surface area (Å²) in [4.78, 5) is 6.53. The van der Waals surface area contributed by atoms with E-state index < -0.39 is 0 Å². The van der Waals surface area contributed by atoms with Gasteiger partial charge in [-0.2, -0.15) is 0 Å². The van der Waals surface area contributed by atoms with Crippen LogP contribution in [0.1, 0.15) is 23.5 Å². The lowest BCUT2D eigenvalue weighted by atomic mass is 10.0. The number of para-hydroxylation sites is 1. The number of nitrogens with one attached hydrogen (secondary N) is 1. The molecule has 5 nitrogen and oxygen atoms in total. The zero-order valence-electron chi connectivity index (χ0n) is 16.4. The molecule has 0 saturated carbocycles. The molecule has 5 rings (SSSR count). The number of nitrogens with zero attached hydrogens (tertiary/aromatic N) is 3. The number of anilines is 1. The number of aromatic hydroxyl groups is 1. The Morgan fingerprint density at radius 1 is 0.935 bits per heavy atom. The Balaban J connectivity index is 1.68. The van der Waals surface area contributed by atoms with Crippen LogP contribution in [0.3, 0.4) is 0 Å². The molecule has 1 aliphatic rings. The van der Waals surface area contributed by atoms with Gasteiger partial charge in [-0.05, 0) is 72.9 Å². The summed E-state index contributed by atoms with van der Waals surface area (Å²) in [6.45, 7) is 0. The highest BCUT2D eigenvalue weighted by molar-refractivity contribution is 7.80. The first-order valence-corrected chi connectivity index (χ1v) is 10.3. The summed E-state index contributed by atoms with van der Waals surface area (Å²) in [5, 5.41) is 13.7. The third-order valence-corrected chi connectivity index (χ3v) is 5.74. The second-order valence-electron chi connectivity index (χ2n) is 7.27. The highest BCUT2D eigenvalue weighted by atomic mass is 32.1. The molecule has 2 N–H and O–H groups in total. The lowest BCUT2D eigenvalue weighted by Gasteiger charge is -2.29. The number of hydrogen-bond donors (Lipinski definition) is 2. The third-order valence-electron chi connectivity index (χ3n) is 5.42. The number of pyridine rings is 1. The van der Waals surface area contributed by atoms with Crippen LogP contribution in [0.5, 0.6) is 5.75 Å². The van der Waals surface area contributed by atoms with Crippen molar-refractivity contribution >= 4 is 23.0 Å². The minimum atomic E-state index is -0.306. The van der Waals surface area contributed by atoms with E-state index in [1.165, 1.54) is 6.07 Å². The van der Waals surface area contributed by atoms with Crippen LogP contribution in [0.25, 0.3) is 5.69 Å². The highest BCUT2D eigenvalue weighted by Crippen LogP contribution is 2.42. The first-order valence-electron chi connectivity index (χ1n) is 9.85. The van der Waals surface area contributed by atoms with Gasteiger partial charge in [0.15, 0.2) is 5.11 Å². The van der Waals surface area contributed by atoms with Crippen LogP contribution in [-0.4, -0.2) is 19.8 Å². The second kappa shape index (κ2) is 7.85. The van der Waals surface area contributed by atoms with Crippen LogP contribution >= 0.6 is 12.2 Å². The van der Waals surface area contributed by atoms with Crippen LogP contribution in [0.15, 0.2) is 91.3 Å². The number of aromatic nitrogens is 2. The summed E-state index contributed by atoms with van der Waals surface area (Å²) in [5.41, 5.74) is 2.98. The van der Waals surface area contributed by atoms with Crippen LogP contribution in [0.4, 0.5) is 10.1 Å². The highest BCUT2D eigenvalue weighted by Gasteiger charge is 2.42. The van der Waals surface area contributed by atoms with Gasteiger partial charge in [-0.1, -0.05) is 18.2 Å².